The summed E-state index contributed by atoms with van der Waals surface area (Å²) in [5.74, 6) is 1.51. The van der Waals surface area contributed by atoms with Crippen molar-refractivity contribution in [1.29, 1.82) is 0 Å². The van der Waals surface area contributed by atoms with Crippen LogP contribution in [0.4, 0.5) is 0 Å². The van der Waals surface area contributed by atoms with E-state index in [1.165, 1.54) is 0 Å². The molecule has 0 radical (unpaired) electrons. The van der Waals surface area contributed by atoms with Gasteiger partial charge in [0.15, 0.2) is 0 Å². The molecule has 0 rings (SSSR count). The van der Waals surface area contributed by atoms with Crippen molar-refractivity contribution in [3.8, 4) is 0 Å². The van der Waals surface area contributed by atoms with Crippen molar-refractivity contribution in [3.05, 3.63) is 0 Å². The summed E-state index contributed by atoms with van der Waals surface area (Å²) in [6.07, 6.45) is 2.06. The lowest BCUT2D eigenvalue weighted by atomic mass is 10.2. The molecule has 2 atom stereocenters. The summed E-state index contributed by atoms with van der Waals surface area (Å²) >= 11 is 1.74. The number of carbonyl (C=O) groups is 2. The van der Waals surface area contributed by atoms with Gasteiger partial charge in [-0.05, 0) is 23.8 Å². The number of thioether (sulfide) groups is 1. The van der Waals surface area contributed by atoms with E-state index in [4.69, 9.17) is 5.11 Å². The lowest BCUT2D eigenvalue weighted by molar-refractivity contribution is -0.140. The Labute approximate surface area is 94.8 Å². The molecule has 0 aromatic rings. The minimum atomic E-state index is -0.966. The number of carboxylic acids is 1. The first-order valence-electron chi connectivity index (χ1n) is 5.12. The van der Waals surface area contributed by atoms with Gasteiger partial charge in [0.25, 0.3) is 0 Å². The predicted octanol–water partition coefficient (Wildman–Crippen LogP) is 1.35. The molecule has 0 aromatic carbocycles. The molecule has 0 heterocycles. The quantitative estimate of drug-likeness (QED) is 0.466. The van der Waals surface area contributed by atoms with Crippen LogP contribution in [0.3, 0.4) is 0 Å². The standard InChI is InChI=1S/C10H19NO3S/c1-3-8(2)6-15-5-4-9(10(13)14)11-7-12/h7-9H,3-6H2,1-2H3,(H,11,12)(H,13,14). The first-order chi connectivity index (χ1) is 7.11. The topological polar surface area (TPSA) is 66.4 Å². The Hall–Kier alpha value is -0.710. The molecule has 0 aromatic heterocycles. The maximum absolute atomic E-state index is 10.6. The molecule has 0 aliphatic heterocycles. The van der Waals surface area contributed by atoms with E-state index in [1.807, 2.05) is 0 Å². The maximum Gasteiger partial charge on any atom is 0.326 e. The summed E-state index contributed by atoms with van der Waals surface area (Å²) in [5.41, 5.74) is 0. The minimum Gasteiger partial charge on any atom is -0.480 e. The summed E-state index contributed by atoms with van der Waals surface area (Å²) in [4.78, 5) is 20.8. The van der Waals surface area contributed by atoms with Gasteiger partial charge in [0.2, 0.25) is 6.41 Å². The van der Waals surface area contributed by atoms with E-state index in [0.29, 0.717) is 18.7 Å². The summed E-state index contributed by atoms with van der Waals surface area (Å²) in [5, 5.41) is 11.0. The van der Waals surface area contributed by atoms with Gasteiger partial charge in [-0.25, -0.2) is 4.79 Å². The number of carboxylic acid groups (broad SMARTS) is 1. The number of nitrogens with one attached hydrogen (secondary N) is 1. The van der Waals surface area contributed by atoms with Gasteiger partial charge in [-0.3, -0.25) is 4.79 Å². The zero-order chi connectivity index (χ0) is 11.7. The summed E-state index contributed by atoms with van der Waals surface area (Å²) < 4.78 is 0. The molecule has 88 valence electrons. The molecule has 0 aliphatic carbocycles. The first kappa shape index (κ1) is 14.3. The average molecular weight is 233 g/mol. The van der Waals surface area contributed by atoms with Gasteiger partial charge in [0.1, 0.15) is 6.04 Å². The SMILES string of the molecule is CCC(C)CSCCC(NC=O)C(=O)O. The van der Waals surface area contributed by atoms with Crippen molar-refractivity contribution in [1.82, 2.24) is 5.32 Å². The van der Waals surface area contributed by atoms with Crippen LogP contribution in [0, 0.1) is 5.92 Å². The van der Waals surface area contributed by atoms with Crippen molar-refractivity contribution >= 4 is 24.1 Å². The zero-order valence-electron chi connectivity index (χ0n) is 9.23. The van der Waals surface area contributed by atoms with Gasteiger partial charge in [0, 0.05) is 0 Å². The third-order valence-electron chi connectivity index (χ3n) is 2.22. The highest BCUT2D eigenvalue weighted by Gasteiger charge is 2.15. The van der Waals surface area contributed by atoms with E-state index in [0.717, 1.165) is 17.9 Å². The summed E-state index contributed by atoms with van der Waals surface area (Å²) in [6.45, 7) is 4.31. The van der Waals surface area contributed by atoms with Crippen LogP contribution in [0.2, 0.25) is 0 Å². The van der Waals surface area contributed by atoms with Gasteiger partial charge in [-0.15, -0.1) is 0 Å². The maximum atomic E-state index is 10.6. The van der Waals surface area contributed by atoms with Crippen LogP contribution >= 0.6 is 11.8 Å². The highest BCUT2D eigenvalue weighted by molar-refractivity contribution is 7.99. The van der Waals surface area contributed by atoms with Crippen LogP contribution in [-0.2, 0) is 9.59 Å². The third-order valence-corrected chi connectivity index (χ3v) is 3.55. The lowest BCUT2D eigenvalue weighted by Crippen LogP contribution is -2.36. The third kappa shape index (κ3) is 7.25. The van der Waals surface area contributed by atoms with Crippen LogP contribution in [-0.4, -0.2) is 35.0 Å². The zero-order valence-corrected chi connectivity index (χ0v) is 10.0. The monoisotopic (exact) mass is 233 g/mol. The first-order valence-corrected chi connectivity index (χ1v) is 6.27. The number of amides is 1. The van der Waals surface area contributed by atoms with E-state index in [9.17, 15) is 9.59 Å². The van der Waals surface area contributed by atoms with Gasteiger partial charge >= 0.3 is 5.97 Å². The van der Waals surface area contributed by atoms with E-state index < -0.39 is 12.0 Å². The fraction of sp³-hybridized carbons (Fsp3) is 0.800. The van der Waals surface area contributed by atoms with Crippen LogP contribution in [0.1, 0.15) is 26.7 Å². The molecule has 2 unspecified atom stereocenters. The Morgan fingerprint density at radius 3 is 2.73 bits per heavy atom. The molecule has 0 aliphatic rings. The second-order valence-electron chi connectivity index (χ2n) is 3.55. The Bertz CT molecular complexity index is 199. The molecule has 0 saturated carbocycles. The number of carbonyl (C=O) groups excluding carboxylic acids is 1. The van der Waals surface area contributed by atoms with Crippen molar-refractivity contribution in [3.63, 3.8) is 0 Å². The highest BCUT2D eigenvalue weighted by atomic mass is 32.2. The molecule has 0 bridgehead atoms. The molecule has 1 amide bonds. The largest absolute Gasteiger partial charge is 0.480 e. The molecule has 0 spiro atoms. The summed E-state index contributed by atoms with van der Waals surface area (Å²) in [6, 6.07) is -0.744. The van der Waals surface area contributed by atoms with Gasteiger partial charge in [-0.1, -0.05) is 20.3 Å². The number of aliphatic carboxylic acids is 1. The van der Waals surface area contributed by atoms with Gasteiger partial charge in [0.05, 0.1) is 0 Å². The normalized spacial score (nSPS) is 14.3. The summed E-state index contributed by atoms with van der Waals surface area (Å²) in [7, 11) is 0. The number of hydrogen-bond acceptors (Lipinski definition) is 3. The fourth-order valence-corrected chi connectivity index (χ4v) is 2.17. The van der Waals surface area contributed by atoms with Gasteiger partial charge < -0.3 is 10.4 Å². The Kier molecular flexibility index (Phi) is 8.18. The molecule has 4 nitrogen and oxygen atoms in total. The molecule has 15 heavy (non-hydrogen) atoms. The molecule has 0 fully saturated rings. The van der Waals surface area contributed by atoms with E-state index in [-0.39, 0.29) is 0 Å². The molecule has 5 heteroatoms. The van der Waals surface area contributed by atoms with Crippen molar-refractivity contribution in [2.75, 3.05) is 11.5 Å². The smallest absolute Gasteiger partial charge is 0.326 e. The van der Waals surface area contributed by atoms with E-state index >= 15 is 0 Å². The second-order valence-corrected chi connectivity index (χ2v) is 4.70. The van der Waals surface area contributed by atoms with Crippen LogP contribution in [0.25, 0.3) is 0 Å². The Balaban J connectivity index is 3.62. The lowest BCUT2D eigenvalue weighted by Gasteiger charge is -2.11. The Morgan fingerprint density at radius 2 is 2.27 bits per heavy atom. The van der Waals surface area contributed by atoms with Crippen LogP contribution in [0.15, 0.2) is 0 Å². The van der Waals surface area contributed by atoms with Crippen molar-refractivity contribution < 1.29 is 14.7 Å². The van der Waals surface area contributed by atoms with Crippen molar-refractivity contribution in [2.45, 2.75) is 32.7 Å². The van der Waals surface area contributed by atoms with E-state index in [1.54, 1.807) is 11.8 Å². The van der Waals surface area contributed by atoms with Crippen molar-refractivity contribution in [2.24, 2.45) is 5.92 Å². The highest BCUT2D eigenvalue weighted by Crippen LogP contribution is 2.12. The fourth-order valence-electron chi connectivity index (χ4n) is 0.964. The second kappa shape index (κ2) is 8.59. The Morgan fingerprint density at radius 1 is 1.60 bits per heavy atom. The van der Waals surface area contributed by atoms with Crippen LogP contribution in [0.5, 0.6) is 0 Å². The molecule has 2 N–H and O–H groups in total. The average Bonchev–Trinajstić information content (AvgIpc) is 2.21. The molecule has 0 saturated heterocycles. The van der Waals surface area contributed by atoms with E-state index in [2.05, 4.69) is 19.2 Å². The van der Waals surface area contributed by atoms with Crippen LogP contribution < -0.4 is 5.32 Å². The molecular formula is C10H19NO3S. The molecular weight excluding hydrogens is 214 g/mol. The minimum absolute atomic E-state index is 0.443. The number of hydrogen-bond donors (Lipinski definition) is 2. The van der Waals surface area contributed by atoms with Gasteiger partial charge in [-0.2, -0.15) is 11.8 Å². The number of rotatable bonds is 9. The predicted molar refractivity (Wildman–Crippen MR) is 62.0 cm³/mol.